The molecule has 3 nitrogen and oxygen atoms in total. The number of nitrogens with zero attached hydrogens (tertiary/aromatic N) is 1. The van der Waals surface area contributed by atoms with Crippen molar-refractivity contribution in [1.29, 1.82) is 0 Å². The third-order valence-electron chi connectivity index (χ3n) is 4.36. The Labute approximate surface area is 144 Å². The molecule has 1 N–H and O–H groups in total. The smallest absolute Gasteiger partial charge is 0.128 e. The lowest BCUT2D eigenvalue weighted by Crippen LogP contribution is -2.15. The van der Waals surface area contributed by atoms with E-state index in [4.69, 9.17) is 9.72 Å². The molecule has 0 bridgehead atoms. The Morgan fingerprint density at radius 2 is 2.04 bits per heavy atom. The average molecular weight is 333 g/mol. The van der Waals surface area contributed by atoms with Crippen molar-refractivity contribution in [2.24, 2.45) is 0 Å². The lowest BCUT2D eigenvalue weighted by molar-refractivity contribution is 0.341. The summed E-state index contributed by atoms with van der Waals surface area (Å²) in [6.45, 7) is 10.4. The van der Waals surface area contributed by atoms with Gasteiger partial charge in [0, 0.05) is 23.9 Å². The monoisotopic (exact) mass is 332 g/mol. The molecule has 0 aliphatic heterocycles. The van der Waals surface area contributed by atoms with Crippen LogP contribution in [-0.4, -0.2) is 25.2 Å². The molecule has 23 heavy (non-hydrogen) atoms. The standard InChI is InChI=1S/C19H28N2OS/c1-6-19(3,4)14-8-9-17(22-7-2)15(12-14)16-13-23-18(21-16)10-11-20-5/h8-9,12-13,20H,6-7,10-11H2,1-5H3. The Bertz CT molecular complexity index is 634. The van der Waals surface area contributed by atoms with Gasteiger partial charge in [0.2, 0.25) is 0 Å². The van der Waals surface area contributed by atoms with Crippen LogP contribution in [0.3, 0.4) is 0 Å². The van der Waals surface area contributed by atoms with Crippen LogP contribution in [0.4, 0.5) is 0 Å². The average Bonchev–Trinajstić information content (AvgIpc) is 3.02. The highest BCUT2D eigenvalue weighted by molar-refractivity contribution is 7.09. The maximum atomic E-state index is 5.84. The number of aromatic nitrogens is 1. The molecule has 126 valence electrons. The molecule has 1 aromatic heterocycles. The number of ether oxygens (including phenoxy) is 1. The van der Waals surface area contributed by atoms with Crippen LogP contribution < -0.4 is 10.1 Å². The first-order chi connectivity index (χ1) is 11.0. The maximum Gasteiger partial charge on any atom is 0.128 e. The van der Waals surface area contributed by atoms with Crippen LogP contribution in [-0.2, 0) is 11.8 Å². The third kappa shape index (κ3) is 4.33. The van der Waals surface area contributed by atoms with Crippen molar-refractivity contribution >= 4 is 11.3 Å². The molecule has 2 rings (SSSR count). The zero-order valence-electron chi connectivity index (χ0n) is 14.9. The van der Waals surface area contributed by atoms with E-state index < -0.39 is 0 Å². The van der Waals surface area contributed by atoms with Gasteiger partial charge in [0.05, 0.1) is 17.3 Å². The van der Waals surface area contributed by atoms with Crippen molar-refractivity contribution in [3.8, 4) is 17.0 Å². The Kier molecular flexibility index (Phi) is 6.19. The number of thiazole rings is 1. The van der Waals surface area contributed by atoms with Gasteiger partial charge in [-0.15, -0.1) is 11.3 Å². The van der Waals surface area contributed by atoms with Crippen LogP contribution >= 0.6 is 11.3 Å². The van der Waals surface area contributed by atoms with Gasteiger partial charge in [-0.25, -0.2) is 4.98 Å². The third-order valence-corrected chi connectivity index (χ3v) is 5.27. The Morgan fingerprint density at radius 3 is 2.70 bits per heavy atom. The highest BCUT2D eigenvalue weighted by Gasteiger charge is 2.21. The van der Waals surface area contributed by atoms with Crippen molar-refractivity contribution in [3.63, 3.8) is 0 Å². The molecule has 0 aliphatic carbocycles. The van der Waals surface area contributed by atoms with E-state index in [9.17, 15) is 0 Å². The second-order valence-electron chi connectivity index (χ2n) is 6.36. The molecule has 4 heteroatoms. The fourth-order valence-corrected chi connectivity index (χ4v) is 3.22. The lowest BCUT2D eigenvalue weighted by atomic mass is 9.81. The van der Waals surface area contributed by atoms with Crippen LogP contribution in [0.5, 0.6) is 5.75 Å². The minimum absolute atomic E-state index is 0.157. The molecule has 0 unspecified atom stereocenters. The number of hydrogen-bond donors (Lipinski definition) is 1. The van der Waals surface area contributed by atoms with E-state index in [0.717, 1.165) is 41.4 Å². The zero-order chi connectivity index (χ0) is 16.9. The summed E-state index contributed by atoms with van der Waals surface area (Å²) in [6.07, 6.45) is 2.07. The Morgan fingerprint density at radius 1 is 1.26 bits per heavy atom. The zero-order valence-corrected chi connectivity index (χ0v) is 15.7. The molecule has 1 aromatic carbocycles. The molecule has 0 spiro atoms. The van der Waals surface area contributed by atoms with Crippen LogP contribution in [0.25, 0.3) is 11.3 Å². The van der Waals surface area contributed by atoms with Crippen molar-refractivity contribution in [1.82, 2.24) is 10.3 Å². The van der Waals surface area contributed by atoms with E-state index in [1.54, 1.807) is 11.3 Å². The molecular weight excluding hydrogens is 304 g/mol. The van der Waals surface area contributed by atoms with Crippen LogP contribution in [0.1, 0.15) is 44.7 Å². The summed E-state index contributed by atoms with van der Waals surface area (Å²) in [5.74, 6) is 0.925. The minimum Gasteiger partial charge on any atom is -0.493 e. The van der Waals surface area contributed by atoms with Gasteiger partial charge in [-0.3, -0.25) is 0 Å². The highest BCUT2D eigenvalue weighted by Crippen LogP contribution is 2.36. The fraction of sp³-hybridized carbons (Fsp3) is 0.526. The fourth-order valence-electron chi connectivity index (χ4n) is 2.42. The van der Waals surface area contributed by atoms with E-state index in [1.807, 2.05) is 14.0 Å². The first-order valence-electron chi connectivity index (χ1n) is 8.38. The van der Waals surface area contributed by atoms with Gasteiger partial charge in [-0.05, 0) is 43.5 Å². The minimum atomic E-state index is 0.157. The van der Waals surface area contributed by atoms with Gasteiger partial charge in [0.25, 0.3) is 0 Å². The summed E-state index contributed by atoms with van der Waals surface area (Å²) in [5.41, 5.74) is 3.63. The molecule has 0 fully saturated rings. The van der Waals surface area contributed by atoms with Crippen molar-refractivity contribution in [2.75, 3.05) is 20.2 Å². The van der Waals surface area contributed by atoms with E-state index in [-0.39, 0.29) is 5.41 Å². The summed E-state index contributed by atoms with van der Waals surface area (Å²) in [5, 5.41) is 6.48. The number of hydrogen-bond acceptors (Lipinski definition) is 4. The van der Waals surface area contributed by atoms with Crippen LogP contribution in [0.2, 0.25) is 0 Å². The largest absolute Gasteiger partial charge is 0.493 e. The van der Waals surface area contributed by atoms with E-state index >= 15 is 0 Å². The molecule has 0 amide bonds. The first kappa shape index (κ1) is 18.0. The molecule has 0 saturated heterocycles. The van der Waals surface area contributed by atoms with E-state index in [0.29, 0.717) is 6.61 Å². The van der Waals surface area contributed by atoms with Gasteiger partial charge >= 0.3 is 0 Å². The van der Waals surface area contributed by atoms with Crippen molar-refractivity contribution < 1.29 is 4.74 Å². The summed E-state index contributed by atoms with van der Waals surface area (Å²) < 4.78 is 5.84. The van der Waals surface area contributed by atoms with Gasteiger partial charge in [-0.2, -0.15) is 0 Å². The molecule has 0 radical (unpaired) electrons. The van der Waals surface area contributed by atoms with Gasteiger partial charge < -0.3 is 10.1 Å². The molecular formula is C19H28N2OS. The summed E-state index contributed by atoms with van der Waals surface area (Å²) >= 11 is 1.72. The summed E-state index contributed by atoms with van der Waals surface area (Å²) in [7, 11) is 1.97. The number of likely N-dealkylation sites (N-methyl/N-ethyl adjacent to an activating group) is 1. The van der Waals surface area contributed by atoms with E-state index in [2.05, 4.69) is 49.7 Å². The topological polar surface area (TPSA) is 34.1 Å². The van der Waals surface area contributed by atoms with E-state index in [1.165, 1.54) is 5.56 Å². The Balaban J connectivity index is 2.41. The Hall–Kier alpha value is -1.39. The van der Waals surface area contributed by atoms with Crippen LogP contribution in [0, 0.1) is 0 Å². The van der Waals surface area contributed by atoms with Gasteiger partial charge in [0.1, 0.15) is 5.75 Å². The second-order valence-corrected chi connectivity index (χ2v) is 7.30. The number of nitrogens with one attached hydrogen (secondary N) is 1. The van der Waals surface area contributed by atoms with Gasteiger partial charge in [-0.1, -0.05) is 26.8 Å². The SMILES string of the molecule is CCOc1ccc(C(C)(C)CC)cc1-c1csc(CCNC)n1. The first-order valence-corrected chi connectivity index (χ1v) is 9.26. The van der Waals surface area contributed by atoms with Crippen LogP contribution in [0.15, 0.2) is 23.6 Å². The molecule has 0 aliphatic rings. The number of rotatable bonds is 8. The summed E-state index contributed by atoms with van der Waals surface area (Å²) in [6, 6.07) is 6.54. The van der Waals surface area contributed by atoms with Crippen molar-refractivity contribution in [3.05, 3.63) is 34.2 Å². The normalized spacial score (nSPS) is 11.7. The molecule has 2 aromatic rings. The molecule has 0 saturated carbocycles. The summed E-state index contributed by atoms with van der Waals surface area (Å²) in [4.78, 5) is 4.81. The lowest BCUT2D eigenvalue weighted by Gasteiger charge is -2.24. The van der Waals surface area contributed by atoms with Crippen molar-refractivity contribution in [2.45, 2.75) is 46.0 Å². The number of benzene rings is 1. The highest BCUT2D eigenvalue weighted by atomic mass is 32.1. The maximum absolute atomic E-state index is 5.84. The quantitative estimate of drug-likeness (QED) is 0.763. The molecule has 0 atom stereocenters. The molecule has 1 heterocycles. The predicted octanol–water partition coefficient (Wildman–Crippen LogP) is 4.66. The predicted molar refractivity (Wildman–Crippen MR) is 99.7 cm³/mol. The second kappa shape index (κ2) is 7.93. The van der Waals surface area contributed by atoms with Gasteiger partial charge in [0.15, 0.2) is 0 Å².